The summed E-state index contributed by atoms with van der Waals surface area (Å²) in [6.45, 7) is 6.92. The van der Waals surface area contributed by atoms with E-state index in [0.717, 1.165) is 50.5 Å². The second-order valence-electron chi connectivity index (χ2n) is 8.30. The van der Waals surface area contributed by atoms with E-state index in [1.54, 1.807) is 7.05 Å². The lowest BCUT2D eigenvalue weighted by Gasteiger charge is -2.35. The average Bonchev–Trinajstić information content (AvgIpc) is 2.83. The number of piperidine rings is 1. The molecule has 0 bridgehead atoms. The lowest BCUT2D eigenvalue weighted by molar-refractivity contribution is -0.130. The quantitative estimate of drug-likeness (QED) is 0.302. The molecule has 2 aliphatic heterocycles. The number of nitrogens with one attached hydrogen (secondary N) is 1. The van der Waals surface area contributed by atoms with Crippen molar-refractivity contribution < 1.29 is 14.3 Å². The molecule has 1 N–H and O–H groups in total. The molecule has 1 unspecified atom stereocenters. The van der Waals surface area contributed by atoms with Gasteiger partial charge in [0.1, 0.15) is 0 Å². The van der Waals surface area contributed by atoms with Gasteiger partial charge in [-0.25, -0.2) is 0 Å². The first-order valence-corrected chi connectivity index (χ1v) is 11.7. The van der Waals surface area contributed by atoms with Crippen molar-refractivity contribution in [1.29, 1.82) is 0 Å². The molecule has 32 heavy (non-hydrogen) atoms. The number of likely N-dealkylation sites (N-methyl/N-ethyl adjacent to an activating group) is 1. The van der Waals surface area contributed by atoms with Crippen molar-refractivity contribution in [3.05, 3.63) is 35.9 Å². The average molecular weight is 559 g/mol. The number of hydrogen-bond donors (Lipinski definition) is 1. The summed E-state index contributed by atoms with van der Waals surface area (Å²) in [5, 5.41) is 3.26. The molecule has 180 valence electrons. The number of guanidine groups is 1. The predicted octanol–water partition coefficient (Wildman–Crippen LogP) is 3.28. The van der Waals surface area contributed by atoms with Gasteiger partial charge in [0, 0.05) is 39.8 Å². The third-order valence-corrected chi connectivity index (χ3v) is 6.09. The molecule has 3 rings (SSSR count). The zero-order chi connectivity index (χ0) is 21.9. The minimum absolute atomic E-state index is 0. The number of halogens is 1. The van der Waals surface area contributed by atoms with Crippen LogP contribution in [0.2, 0.25) is 0 Å². The van der Waals surface area contributed by atoms with Crippen molar-refractivity contribution in [3.63, 3.8) is 0 Å². The van der Waals surface area contributed by atoms with E-state index in [-0.39, 0.29) is 48.6 Å². The molecule has 2 aliphatic rings. The van der Waals surface area contributed by atoms with E-state index in [2.05, 4.69) is 27.3 Å². The van der Waals surface area contributed by atoms with E-state index in [4.69, 9.17) is 9.47 Å². The van der Waals surface area contributed by atoms with E-state index < -0.39 is 0 Å². The highest BCUT2D eigenvalue weighted by Gasteiger charge is 2.24. The standard InChI is InChI=1S/C24H38N4O3.HI/c1-3-27(18-20-9-5-4-6-10-20)23(29)17-26-24(25-2)28-14-12-21(13-15-28)31-19-22-11-7-8-16-30-22;/h4-6,9-10,21-22H,3,7-8,11-19H2,1-2H3,(H,25,26);1H. The largest absolute Gasteiger partial charge is 0.376 e. The lowest BCUT2D eigenvalue weighted by atomic mass is 10.1. The van der Waals surface area contributed by atoms with Crippen molar-refractivity contribution in [2.75, 3.05) is 46.4 Å². The number of ether oxygens (including phenoxy) is 2. The molecule has 8 heteroatoms. The maximum atomic E-state index is 12.7. The van der Waals surface area contributed by atoms with Crippen LogP contribution < -0.4 is 5.32 Å². The fourth-order valence-electron chi connectivity index (χ4n) is 4.20. The van der Waals surface area contributed by atoms with E-state index >= 15 is 0 Å². The Morgan fingerprint density at radius 3 is 2.59 bits per heavy atom. The van der Waals surface area contributed by atoms with Crippen LogP contribution in [0.3, 0.4) is 0 Å². The lowest BCUT2D eigenvalue weighted by Crippen LogP contribution is -2.49. The van der Waals surface area contributed by atoms with Gasteiger partial charge in [0.15, 0.2) is 5.96 Å². The molecule has 0 aliphatic carbocycles. The smallest absolute Gasteiger partial charge is 0.242 e. The highest BCUT2D eigenvalue weighted by Crippen LogP contribution is 2.18. The monoisotopic (exact) mass is 558 g/mol. The summed E-state index contributed by atoms with van der Waals surface area (Å²) in [7, 11) is 1.78. The van der Waals surface area contributed by atoms with Gasteiger partial charge in [-0.1, -0.05) is 30.3 Å². The van der Waals surface area contributed by atoms with Crippen LogP contribution in [0.15, 0.2) is 35.3 Å². The highest BCUT2D eigenvalue weighted by molar-refractivity contribution is 14.0. The topological polar surface area (TPSA) is 66.4 Å². The Balaban J connectivity index is 0.00000363. The first-order chi connectivity index (χ1) is 15.2. The van der Waals surface area contributed by atoms with E-state index in [1.165, 1.54) is 12.8 Å². The fraction of sp³-hybridized carbons (Fsp3) is 0.667. The summed E-state index contributed by atoms with van der Waals surface area (Å²) >= 11 is 0. The van der Waals surface area contributed by atoms with Crippen molar-refractivity contribution in [1.82, 2.24) is 15.1 Å². The number of carbonyl (C=O) groups is 1. The number of aliphatic imine (C=N–C) groups is 1. The number of benzene rings is 1. The van der Waals surface area contributed by atoms with Crippen LogP contribution in [-0.2, 0) is 20.8 Å². The summed E-state index contributed by atoms with van der Waals surface area (Å²) in [5.41, 5.74) is 1.14. The molecule has 2 heterocycles. The van der Waals surface area contributed by atoms with Crippen LogP contribution in [0.5, 0.6) is 0 Å². The summed E-state index contributed by atoms with van der Waals surface area (Å²) in [5.74, 6) is 0.872. The Morgan fingerprint density at radius 2 is 1.97 bits per heavy atom. The molecule has 0 radical (unpaired) electrons. The van der Waals surface area contributed by atoms with Crippen LogP contribution in [0.1, 0.15) is 44.6 Å². The molecule has 0 saturated carbocycles. The van der Waals surface area contributed by atoms with E-state index in [9.17, 15) is 4.79 Å². The zero-order valence-corrected chi connectivity index (χ0v) is 21.8. The Bertz CT molecular complexity index is 690. The van der Waals surface area contributed by atoms with Crippen LogP contribution >= 0.6 is 24.0 Å². The molecule has 1 aromatic rings. The molecule has 1 aromatic carbocycles. The Hall–Kier alpha value is -1.39. The van der Waals surface area contributed by atoms with Gasteiger partial charge in [-0.05, 0) is 44.6 Å². The number of rotatable bonds is 8. The maximum absolute atomic E-state index is 12.7. The minimum Gasteiger partial charge on any atom is -0.376 e. The molecule has 0 spiro atoms. The normalized spacial score (nSPS) is 19.9. The second kappa shape index (κ2) is 14.7. The number of nitrogens with zero attached hydrogens (tertiary/aromatic N) is 3. The van der Waals surface area contributed by atoms with Crippen LogP contribution in [0.4, 0.5) is 0 Å². The van der Waals surface area contributed by atoms with E-state index in [0.29, 0.717) is 19.7 Å². The van der Waals surface area contributed by atoms with Gasteiger partial charge in [-0.2, -0.15) is 0 Å². The molecular weight excluding hydrogens is 519 g/mol. The molecule has 1 atom stereocenters. The van der Waals surface area contributed by atoms with Crippen molar-refractivity contribution in [2.45, 2.75) is 57.8 Å². The molecule has 1 amide bonds. The first-order valence-electron chi connectivity index (χ1n) is 11.7. The van der Waals surface area contributed by atoms with Crippen molar-refractivity contribution in [3.8, 4) is 0 Å². The zero-order valence-electron chi connectivity index (χ0n) is 19.5. The second-order valence-corrected chi connectivity index (χ2v) is 8.30. The van der Waals surface area contributed by atoms with Crippen molar-refractivity contribution in [2.24, 2.45) is 4.99 Å². The van der Waals surface area contributed by atoms with Crippen LogP contribution in [0.25, 0.3) is 0 Å². The third kappa shape index (κ3) is 8.51. The third-order valence-electron chi connectivity index (χ3n) is 6.09. The van der Waals surface area contributed by atoms with Gasteiger partial charge in [-0.15, -0.1) is 24.0 Å². The van der Waals surface area contributed by atoms with Gasteiger partial charge < -0.3 is 24.6 Å². The summed E-state index contributed by atoms with van der Waals surface area (Å²) in [6, 6.07) is 10.1. The van der Waals surface area contributed by atoms with Crippen LogP contribution in [0, 0.1) is 0 Å². The Labute approximate surface area is 209 Å². The van der Waals surface area contributed by atoms with Crippen molar-refractivity contribution >= 4 is 35.8 Å². The number of likely N-dealkylation sites (tertiary alicyclic amines) is 1. The molecular formula is C24H39IN4O3. The Kier molecular flexibility index (Phi) is 12.3. The molecule has 0 aromatic heterocycles. The number of hydrogen-bond acceptors (Lipinski definition) is 4. The molecule has 2 fully saturated rings. The van der Waals surface area contributed by atoms with Gasteiger partial charge >= 0.3 is 0 Å². The summed E-state index contributed by atoms with van der Waals surface area (Å²) in [6.07, 6.45) is 6.02. The number of carbonyl (C=O) groups excluding carboxylic acids is 1. The van der Waals surface area contributed by atoms with Gasteiger partial charge in [-0.3, -0.25) is 9.79 Å². The van der Waals surface area contributed by atoms with Gasteiger partial charge in [0.05, 0.1) is 25.4 Å². The number of amides is 1. The SMILES string of the molecule is CCN(Cc1ccccc1)C(=O)CNC(=NC)N1CCC(OCC2CCCCO2)CC1.I. The van der Waals surface area contributed by atoms with Crippen LogP contribution in [-0.4, -0.2) is 80.3 Å². The minimum atomic E-state index is 0. The van der Waals surface area contributed by atoms with Gasteiger partial charge in [0.2, 0.25) is 5.91 Å². The predicted molar refractivity (Wildman–Crippen MR) is 138 cm³/mol. The summed E-state index contributed by atoms with van der Waals surface area (Å²) < 4.78 is 11.9. The van der Waals surface area contributed by atoms with Gasteiger partial charge in [0.25, 0.3) is 0 Å². The molecule has 2 saturated heterocycles. The first kappa shape index (κ1) is 26.9. The maximum Gasteiger partial charge on any atom is 0.242 e. The Morgan fingerprint density at radius 1 is 1.22 bits per heavy atom. The molecule has 7 nitrogen and oxygen atoms in total. The fourth-order valence-corrected chi connectivity index (χ4v) is 4.20. The summed E-state index contributed by atoms with van der Waals surface area (Å²) in [4.78, 5) is 21.2. The van der Waals surface area contributed by atoms with E-state index in [1.807, 2.05) is 30.0 Å². The highest BCUT2D eigenvalue weighted by atomic mass is 127.